The Labute approximate surface area is 131 Å². The van der Waals surface area contributed by atoms with Gasteiger partial charge in [-0.25, -0.2) is 13.1 Å². The monoisotopic (exact) mass is 318 g/mol. The number of nitrogens with one attached hydrogen (secondary N) is 2. The van der Waals surface area contributed by atoms with Gasteiger partial charge in [-0.2, -0.15) is 0 Å². The highest BCUT2D eigenvalue weighted by atomic mass is 32.2. The Morgan fingerprint density at radius 2 is 1.71 bits per heavy atom. The van der Waals surface area contributed by atoms with Gasteiger partial charge in [0.15, 0.2) is 0 Å². The van der Waals surface area contributed by atoms with Crippen LogP contribution in [0.15, 0.2) is 0 Å². The Bertz CT molecular complexity index is 349. The van der Waals surface area contributed by atoms with Crippen LogP contribution >= 0.6 is 0 Å². The van der Waals surface area contributed by atoms with Gasteiger partial charge in [0.25, 0.3) is 0 Å². The molecule has 126 valence electrons. The third kappa shape index (κ3) is 9.48. The van der Waals surface area contributed by atoms with Crippen LogP contribution in [0.3, 0.4) is 0 Å². The Kier molecular flexibility index (Phi) is 9.52. The van der Waals surface area contributed by atoms with Crippen molar-refractivity contribution in [3.05, 3.63) is 0 Å². The van der Waals surface area contributed by atoms with Crippen molar-refractivity contribution in [2.45, 2.75) is 65.2 Å². The highest BCUT2D eigenvalue weighted by Crippen LogP contribution is 2.29. The number of sulfonamides is 1. The molecular weight excluding hydrogens is 284 g/mol. The van der Waals surface area contributed by atoms with Crippen molar-refractivity contribution >= 4 is 10.0 Å². The van der Waals surface area contributed by atoms with Gasteiger partial charge in [0, 0.05) is 6.54 Å². The van der Waals surface area contributed by atoms with Crippen LogP contribution in [0.2, 0.25) is 0 Å². The summed E-state index contributed by atoms with van der Waals surface area (Å²) >= 11 is 0. The number of rotatable bonds is 11. The van der Waals surface area contributed by atoms with E-state index in [2.05, 4.69) is 23.9 Å². The average molecular weight is 319 g/mol. The molecule has 0 aromatic carbocycles. The number of unbranched alkanes of at least 4 members (excludes halogenated alkanes) is 1. The second kappa shape index (κ2) is 10.6. The van der Waals surface area contributed by atoms with Crippen molar-refractivity contribution in [2.75, 3.05) is 25.4 Å². The van der Waals surface area contributed by atoms with Crippen LogP contribution in [-0.2, 0) is 10.0 Å². The molecule has 0 atom stereocenters. The summed E-state index contributed by atoms with van der Waals surface area (Å²) in [6.07, 6.45) is 8.96. The van der Waals surface area contributed by atoms with Gasteiger partial charge in [0.05, 0.1) is 5.75 Å². The maximum atomic E-state index is 11.9. The fourth-order valence-corrected chi connectivity index (χ4v) is 4.11. The molecule has 5 heteroatoms. The van der Waals surface area contributed by atoms with E-state index < -0.39 is 10.0 Å². The van der Waals surface area contributed by atoms with E-state index in [1.54, 1.807) is 0 Å². The first-order chi connectivity index (χ1) is 10.0. The van der Waals surface area contributed by atoms with Gasteiger partial charge in [-0.15, -0.1) is 0 Å². The Morgan fingerprint density at radius 1 is 1.00 bits per heavy atom. The average Bonchev–Trinajstić information content (AvgIpc) is 2.45. The Morgan fingerprint density at radius 3 is 2.38 bits per heavy atom. The molecule has 0 amide bonds. The fourth-order valence-electron chi connectivity index (χ4n) is 2.95. The number of hydrogen-bond acceptors (Lipinski definition) is 3. The van der Waals surface area contributed by atoms with E-state index in [9.17, 15) is 8.42 Å². The first-order valence-corrected chi connectivity index (χ1v) is 10.4. The van der Waals surface area contributed by atoms with Crippen LogP contribution in [0.5, 0.6) is 0 Å². The standard InChI is InChI=1S/C16H34N2O2S/c1-3-11-17-12-4-5-14-21(19,20)18-13-10-16-8-6-15(2)7-9-16/h15-18H,3-14H2,1-2H3. The first-order valence-electron chi connectivity index (χ1n) is 8.71. The molecule has 0 spiro atoms. The van der Waals surface area contributed by atoms with Crippen molar-refractivity contribution in [2.24, 2.45) is 11.8 Å². The highest BCUT2D eigenvalue weighted by molar-refractivity contribution is 7.89. The maximum absolute atomic E-state index is 11.9. The predicted octanol–water partition coefficient (Wildman–Crippen LogP) is 2.90. The lowest BCUT2D eigenvalue weighted by molar-refractivity contribution is 0.278. The summed E-state index contributed by atoms with van der Waals surface area (Å²) in [5, 5.41) is 3.30. The van der Waals surface area contributed by atoms with Crippen LogP contribution in [0.1, 0.15) is 65.2 Å². The van der Waals surface area contributed by atoms with Crippen molar-refractivity contribution in [3.63, 3.8) is 0 Å². The van der Waals surface area contributed by atoms with Crippen LogP contribution < -0.4 is 10.0 Å². The molecule has 0 bridgehead atoms. The minimum absolute atomic E-state index is 0.266. The molecule has 0 saturated heterocycles. The van der Waals surface area contributed by atoms with Gasteiger partial charge in [-0.1, -0.05) is 39.5 Å². The smallest absolute Gasteiger partial charge is 0.211 e. The second-order valence-corrected chi connectivity index (χ2v) is 8.51. The van der Waals surface area contributed by atoms with E-state index >= 15 is 0 Å². The summed E-state index contributed by atoms with van der Waals surface area (Å²) in [5.74, 6) is 1.85. The predicted molar refractivity (Wildman–Crippen MR) is 89.9 cm³/mol. The van der Waals surface area contributed by atoms with Crippen LogP contribution in [-0.4, -0.2) is 33.8 Å². The van der Waals surface area contributed by atoms with E-state index in [1.165, 1.54) is 25.7 Å². The molecule has 0 aromatic heterocycles. The largest absolute Gasteiger partial charge is 0.317 e. The lowest BCUT2D eigenvalue weighted by atomic mass is 9.81. The SMILES string of the molecule is CCCNCCCCS(=O)(=O)NCCC1CCC(C)CC1. The van der Waals surface area contributed by atoms with Gasteiger partial charge < -0.3 is 5.32 Å². The lowest BCUT2D eigenvalue weighted by Gasteiger charge is -2.26. The molecule has 0 radical (unpaired) electrons. The summed E-state index contributed by atoms with van der Waals surface area (Å²) in [4.78, 5) is 0. The molecule has 0 aromatic rings. The first kappa shape index (κ1) is 18.9. The Hall–Kier alpha value is -0.130. The normalized spacial score (nSPS) is 23.3. The minimum atomic E-state index is -3.06. The molecule has 1 aliphatic carbocycles. The molecule has 1 saturated carbocycles. The lowest BCUT2D eigenvalue weighted by Crippen LogP contribution is -2.29. The summed E-state index contributed by atoms with van der Waals surface area (Å²) in [5.41, 5.74) is 0. The zero-order chi connectivity index (χ0) is 15.6. The van der Waals surface area contributed by atoms with Crippen LogP contribution in [0.25, 0.3) is 0 Å². The molecule has 0 heterocycles. The van der Waals surface area contributed by atoms with Crippen molar-refractivity contribution in [3.8, 4) is 0 Å². The summed E-state index contributed by atoms with van der Waals surface area (Å²) in [6.45, 7) is 7.01. The van der Waals surface area contributed by atoms with E-state index in [0.717, 1.165) is 50.6 Å². The molecule has 21 heavy (non-hydrogen) atoms. The van der Waals surface area contributed by atoms with Gasteiger partial charge in [0.2, 0.25) is 10.0 Å². The van der Waals surface area contributed by atoms with E-state index in [0.29, 0.717) is 6.54 Å². The molecule has 1 aliphatic rings. The summed E-state index contributed by atoms with van der Waals surface area (Å²) in [7, 11) is -3.06. The quantitative estimate of drug-likeness (QED) is 0.576. The molecule has 0 unspecified atom stereocenters. The molecular formula is C16H34N2O2S. The zero-order valence-electron chi connectivity index (χ0n) is 13.9. The fraction of sp³-hybridized carbons (Fsp3) is 1.00. The summed E-state index contributed by atoms with van der Waals surface area (Å²) < 4.78 is 26.5. The van der Waals surface area contributed by atoms with Crippen molar-refractivity contribution < 1.29 is 8.42 Å². The second-order valence-electron chi connectivity index (χ2n) is 6.58. The van der Waals surface area contributed by atoms with Gasteiger partial charge in [-0.3, -0.25) is 0 Å². The topological polar surface area (TPSA) is 58.2 Å². The maximum Gasteiger partial charge on any atom is 0.211 e. The molecule has 1 fully saturated rings. The van der Waals surface area contributed by atoms with E-state index in [-0.39, 0.29) is 5.75 Å². The van der Waals surface area contributed by atoms with E-state index in [4.69, 9.17) is 0 Å². The van der Waals surface area contributed by atoms with Gasteiger partial charge in [-0.05, 0) is 50.6 Å². The van der Waals surface area contributed by atoms with Gasteiger partial charge >= 0.3 is 0 Å². The third-order valence-electron chi connectivity index (χ3n) is 4.45. The number of hydrogen-bond donors (Lipinski definition) is 2. The summed E-state index contributed by atoms with van der Waals surface area (Å²) in [6, 6.07) is 0. The molecule has 0 aliphatic heterocycles. The molecule has 2 N–H and O–H groups in total. The Balaban J connectivity index is 2.04. The van der Waals surface area contributed by atoms with Gasteiger partial charge in [0.1, 0.15) is 0 Å². The van der Waals surface area contributed by atoms with E-state index in [1.807, 2.05) is 0 Å². The van der Waals surface area contributed by atoms with Crippen molar-refractivity contribution in [1.29, 1.82) is 0 Å². The van der Waals surface area contributed by atoms with Crippen molar-refractivity contribution in [1.82, 2.24) is 10.0 Å². The van der Waals surface area contributed by atoms with Crippen LogP contribution in [0.4, 0.5) is 0 Å². The molecule has 4 nitrogen and oxygen atoms in total. The highest BCUT2D eigenvalue weighted by Gasteiger charge is 2.18. The minimum Gasteiger partial charge on any atom is -0.317 e. The third-order valence-corrected chi connectivity index (χ3v) is 5.92. The zero-order valence-corrected chi connectivity index (χ0v) is 14.7. The molecule has 1 rings (SSSR count). The van der Waals surface area contributed by atoms with Crippen LogP contribution in [0, 0.1) is 11.8 Å².